The highest BCUT2D eigenvalue weighted by atomic mass is 16.8. The molecule has 1 saturated heterocycles. The summed E-state index contributed by atoms with van der Waals surface area (Å²) in [6.45, 7) is 4.40. The van der Waals surface area contributed by atoms with Crippen LogP contribution in [0.1, 0.15) is 27.7 Å². The molecule has 0 aromatic carbocycles. The maximum atomic E-state index is 11.2. The Morgan fingerprint density at radius 3 is 1.73 bits per heavy atom. The molecule has 124 valence electrons. The van der Waals surface area contributed by atoms with Crippen LogP contribution in [0, 0.1) is 0 Å². The third-order valence-electron chi connectivity index (χ3n) is 2.60. The van der Waals surface area contributed by atoms with Crippen molar-refractivity contribution in [2.24, 2.45) is 0 Å². The lowest BCUT2D eigenvalue weighted by atomic mass is 10.2. The molecule has 0 radical (unpaired) electrons. The summed E-state index contributed by atoms with van der Waals surface area (Å²) in [5, 5.41) is 0. The minimum atomic E-state index is -1.26. The Morgan fingerprint density at radius 1 is 0.773 bits per heavy atom. The Labute approximate surface area is 126 Å². The van der Waals surface area contributed by atoms with Gasteiger partial charge in [-0.05, 0) is 0 Å². The topological polar surface area (TPSA) is 114 Å². The third-order valence-corrected chi connectivity index (χ3v) is 2.60. The summed E-state index contributed by atoms with van der Waals surface area (Å²) in [7, 11) is 0. The van der Waals surface area contributed by atoms with E-state index in [0.717, 1.165) is 20.8 Å². The van der Waals surface area contributed by atoms with Gasteiger partial charge in [0.1, 0.15) is 12.7 Å². The first-order valence-corrected chi connectivity index (χ1v) is 6.51. The van der Waals surface area contributed by atoms with Crippen molar-refractivity contribution in [3.8, 4) is 0 Å². The van der Waals surface area contributed by atoms with Crippen molar-refractivity contribution in [1.82, 2.24) is 0 Å². The number of hydrogen-bond acceptors (Lipinski definition) is 9. The molecule has 1 aliphatic rings. The van der Waals surface area contributed by atoms with Crippen LogP contribution in [0.15, 0.2) is 0 Å². The van der Waals surface area contributed by atoms with Crippen molar-refractivity contribution in [1.29, 1.82) is 0 Å². The molecule has 0 aromatic heterocycles. The first-order valence-electron chi connectivity index (χ1n) is 6.51. The molecule has 9 heteroatoms. The van der Waals surface area contributed by atoms with E-state index >= 15 is 0 Å². The third kappa shape index (κ3) is 5.32. The van der Waals surface area contributed by atoms with Crippen molar-refractivity contribution >= 4 is 23.9 Å². The fourth-order valence-electron chi connectivity index (χ4n) is 1.93. The number of hydrogen-bond donors (Lipinski definition) is 0. The van der Waals surface area contributed by atoms with Crippen molar-refractivity contribution < 1.29 is 42.9 Å². The predicted octanol–water partition coefficient (Wildman–Crippen LogP) is -0.299. The fourth-order valence-corrected chi connectivity index (χ4v) is 1.93. The van der Waals surface area contributed by atoms with E-state index in [9.17, 15) is 19.2 Å². The van der Waals surface area contributed by atoms with Gasteiger partial charge < -0.3 is 23.7 Å². The Kier molecular flexibility index (Phi) is 6.29. The average molecular weight is 319 g/mol. The molecule has 1 fully saturated rings. The summed E-state index contributed by atoms with van der Waals surface area (Å²) in [6.07, 6.45) is -4.40. The molecule has 0 aliphatic carbocycles. The first-order chi connectivity index (χ1) is 10.2. The van der Waals surface area contributed by atoms with Gasteiger partial charge in [-0.1, -0.05) is 0 Å². The van der Waals surface area contributed by atoms with Gasteiger partial charge in [-0.2, -0.15) is 0 Å². The summed E-state index contributed by atoms with van der Waals surface area (Å²) < 4.78 is 25.2. The van der Waals surface area contributed by atoms with Crippen LogP contribution in [0.4, 0.5) is 0 Å². The molecule has 4 atom stereocenters. The lowest BCUT2D eigenvalue weighted by Crippen LogP contribution is -2.42. The van der Waals surface area contributed by atoms with Gasteiger partial charge in [-0.15, -0.1) is 0 Å². The van der Waals surface area contributed by atoms with E-state index in [4.69, 9.17) is 23.7 Å². The molecule has 1 aliphatic heterocycles. The van der Waals surface area contributed by atoms with E-state index in [1.54, 1.807) is 0 Å². The van der Waals surface area contributed by atoms with Crippen LogP contribution in [0.3, 0.4) is 0 Å². The number of rotatable bonds is 5. The molecule has 0 spiro atoms. The second-order valence-corrected chi connectivity index (χ2v) is 4.60. The highest BCUT2D eigenvalue weighted by Crippen LogP contribution is 2.28. The maximum Gasteiger partial charge on any atom is 0.305 e. The van der Waals surface area contributed by atoms with Crippen LogP contribution in [-0.4, -0.2) is 55.1 Å². The van der Waals surface area contributed by atoms with Gasteiger partial charge in [-0.3, -0.25) is 19.2 Å². The van der Waals surface area contributed by atoms with E-state index < -0.39 is 48.5 Å². The van der Waals surface area contributed by atoms with Crippen LogP contribution in [0.2, 0.25) is 0 Å². The van der Waals surface area contributed by atoms with Gasteiger partial charge in [0.05, 0.1) is 0 Å². The Bertz CT molecular complexity index is 458. The Morgan fingerprint density at radius 2 is 1.27 bits per heavy atom. The molecule has 0 unspecified atom stereocenters. The van der Waals surface area contributed by atoms with Crippen molar-refractivity contribution in [2.75, 3.05) is 6.61 Å². The second-order valence-electron chi connectivity index (χ2n) is 4.60. The van der Waals surface area contributed by atoms with E-state index in [2.05, 4.69) is 0 Å². The SMILES string of the molecule is CC(=O)O[13CH2][C@H]1O[C@@H](OC(C)=O)[C@H](OC(C)=O)[C@@H]1OC(C)=O. The highest BCUT2D eigenvalue weighted by Gasteiger charge is 2.51. The number of esters is 4. The van der Waals surface area contributed by atoms with E-state index in [1.807, 2.05) is 0 Å². The molecular formula is C13H18O9. The highest BCUT2D eigenvalue weighted by molar-refractivity contribution is 5.68. The molecule has 0 aromatic rings. The molecule has 0 N–H and O–H groups in total. The van der Waals surface area contributed by atoms with Crippen LogP contribution < -0.4 is 0 Å². The molecule has 9 nitrogen and oxygen atoms in total. The monoisotopic (exact) mass is 319 g/mol. The lowest BCUT2D eigenvalue weighted by Gasteiger charge is -2.22. The zero-order valence-corrected chi connectivity index (χ0v) is 12.7. The molecule has 1 rings (SSSR count). The van der Waals surface area contributed by atoms with Crippen molar-refractivity contribution in [3.05, 3.63) is 0 Å². The molecule has 0 bridgehead atoms. The quantitative estimate of drug-likeness (QED) is 0.382. The predicted molar refractivity (Wildman–Crippen MR) is 68.2 cm³/mol. The Balaban J connectivity index is 2.94. The number of carbonyl (C=O) groups excluding carboxylic acids is 4. The zero-order valence-electron chi connectivity index (χ0n) is 12.7. The molecular weight excluding hydrogens is 301 g/mol. The smallest absolute Gasteiger partial charge is 0.305 e. The standard InChI is InChI=1S/C13H18O9/c1-6(14)18-5-10-11(19-7(2)15)12(20-8(3)16)13(22-10)21-9(4)17/h10-13H,5H2,1-4H3/t10-,11-,12-,13-/m1/s1/i5+1. The second kappa shape index (κ2) is 7.74. The van der Waals surface area contributed by atoms with E-state index in [0.29, 0.717) is 0 Å². The fraction of sp³-hybridized carbons (Fsp3) is 0.692. The van der Waals surface area contributed by atoms with Crippen LogP contribution in [-0.2, 0) is 42.9 Å². The molecule has 0 saturated carbocycles. The zero-order chi connectivity index (χ0) is 16.9. The van der Waals surface area contributed by atoms with Crippen LogP contribution in [0.5, 0.6) is 0 Å². The largest absolute Gasteiger partial charge is 0.463 e. The van der Waals surface area contributed by atoms with E-state index in [1.165, 1.54) is 6.92 Å². The van der Waals surface area contributed by atoms with Crippen LogP contribution in [0.25, 0.3) is 0 Å². The summed E-state index contributed by atoms with van der Waals surface area (Å²) in [6, 6.07) is 0. The molecule has 22 heavy (non-hydrogen) atoms. The van der Waals surface area contributed by atoms with Gasteiger partial charge in [0, 0.05) is 27.7 Å². The minimum Gasteiger partial charge on any atom is -0.463 e. The summed E-state index contributed by atoms with van der Waals surface area (Å²) in [5.41, 5.74) is 0. The summed E-state index contributed by atoms with van der Waals surface area (Å²) in [5.74, 6) is -2.56. The maximum absolute atomic E-state index is 11.2. The van der Waals surface area contributed by atoms with Gasteiger partial charge in [0.25, 0.3) is 0 Å². The first kappa shape index (κ1) is 17.9. The molecule has 1 heterocycles. The van der Waals surface area contributed by atoms with E-state index in [-0.39, 0.29) is 6.61 Å². The van der Waals surface area contributed by atoms with Crippen molar-refractivity contribution in [2.45, 2.75) is 52.3 Å². The van der Waals surface area contributed by atoms with Gasteiger partial charge in [-0.25, -0.2) is 0 Å². The van der Waals surface area contributed by atoms with Gasteiger partial charge >= 0.3 is 23.9 Å². The number of carbonyl (C=O) groups is 4. The van der Waals surface area contributed by atoms with Crippen molar-refractivity contribution in [3.63, 3.8) is 0 Å². The van der Waals surface area contributed by atoms with Gasteiger partial charge in [0.15, 0.2) is 6.10 Å². The lowest BCUT2D eigenvalue weighted by molar-refractivity contribution is -0.197. The summed E-state index contributed by atoms with van der Waals surface area (Å²) in [4.78, 5) is 44.4. The average Bonchev–Trinajstić information content (AvgIpc) is 2.63. The normalized spacial score (nSPS) is 26.9. The Hall–Kier alpha value is -2.16. The number of ether oxygens (including phenoxy) is 5. The summed E-state index contributed by atoms with van der Waals surface area (Å²) >= 11 is 0. The molecule has 0 amide bonds. The van der Waals surface area contributed by atoms with Gasteiger partial charge in [0.2, 0.25) is 12.4 Å². The minimum absolute atomic E-state index is 0.247. The van der Waals surface area contributed by atoms with Crippen LogP contribution >= 0.6 is 0 Å².